The van der Waals surface area contributed by atoms with Gasteiger partial charge in [0.2, 0.25) is 0 Å². The smallest absolute Gasteiger partial charge is 0.195 e. The quantitative estimate of drug-likeness (QED) is 0.683. The second kappa shape index (κ2) is 4.81. The van der Waals surface area contributed by atoms with Crippen LogP contribution < -0.4 is 0 Å². The lowest BCUT2D eigenvalue weighted by molar-refractivity contribution is -0.0259. The zero-order chi connectivity index (χ0) is 14.3. The van der Waals surface area contributed by atoms with E-state index in [1.807, 2.05) is 31.2 Å². The van der Waals surface area contributed by atoms with Crippen LogP contribution in [0.15, 0.2) is 42.6 Å². The van der Waals surface area contributed by atoms with Gasteiger partial charge in [0.05, 0.1) is 0 Å². The van der Waals surface area contributed by atoms with Crippen LogP contribution in [0, 0.1) is 0 Å². The summed E-state index contributed by atoms with van der Waals surface area (Å²) in [5.74, 6) is 0. The number of halogens is 1. The average Bonchev–Trinajstić information content (AvgIpc) is 2.69. The molecule has 1 unspecified atom stereocenters. The predicted octanol–water partition coefficient (Wildman–Crippen LogP) is 2.94. The second-order valence-electron chi connectivity index (χ2n) is 4.61. The first kappa shape index (κ1) is 13.5. The Kier molecular flexibility index (Phi) is 3.24. The van der Waals surface area contributed by atoms with Crippen molar-refractivity contribution in [1.29, 1.82) is 0 Å². The van der Waals surface area contributed by atoms with Crippen LogP contribution >= 0.6 is 23.8 Å². The fraction of sp³-hybridized carbons (Fsp3) is 0.200. The fourth-order valence-corrected chi connectivity index (χ4v) is 3.41. The lowest BCUT2D eigenvalue weighted by Crippen LogP contribution is -2.44. The molecular formula is C15H13ClN2OS. The molecule has 0 aliphatic carbocycles. The molecule has 5 heteroatoms. The summed E-state index contributed by atoms with van der Waals surface area (Å²) in [6.45, 7) is 2.53. The summed E-state index contributed by atoms with van der Waals surface area (Å²) in [5, 5.41) is 11.6. The number of nitrogens with zero attached hydrogens (tertiary/aromatic N) is 2. The van der Waals surface area contributed by atoms with Gasteiger partial charge in [-0.25, -0.2) is 4.98 Å². The van der Waals surface area contributed by atoms with Crippen LogP contribution in [0.25, 0.3) is 0 Å². The van der Waals surface area contributed by atoms with E-state index in [4.69, 9.17) is 23.8 Å². The number of thiocarbonyl (C=S) groups is 1. The Morgan fingerprint density at radius 1 is 1.25 bits per heavy atom. The maximum absolute atomic E-state index is 11.3. The van der Waals surface area contributed by atoms with E-state index in [1.54, 1.807) is 23.2 Å². The molecule has 3 rings (SSSR count). The van der Waals surface area contributed by atoms with Crippen LogP contribution in [0.2, 0.25) is 5.15 Å². The number of fused-ring (bicyclic) bond motifs is 1. The van der Waals surface area contributed by atoms with Crippen molar-refractivity contribution in [3.63, 3.8) is 0 Å². The molecule has 1 aromatic carbocycles. The largest absolute Gasteiger partial charge is 0.363 e. The molecule has 0 fully saturated rings. The number of benzene rings is 1. The minimum atomic E-state index is -1.35. The summed E-state index contributed by atoms with van der Waals surface area (Å²) in [7, 11) is 0. The summed E-state index contributed by atoms with van der Waals surface area (Å²) in [5.41, 5.74) is 0.817. The van der Waals surface area contributed by atoms with Gasteiger partial charge in [0.25, 0.3) is 0 Å². The predicted molar refractivity (Wildman–Crippen MR) is 82.8 cm³/mol. The minimum Gasteiger partial charge on any atom is -0.363 e. The minimum absolute atomic E-state index is 0.285. The van der Waals surface area contributed by atoms with E-state index in [2.05, 4.69) is 4.98 Å². The van der Waals surface area contributed by atoms with Gasteiger partial charge in [-0.1, -0.05) is 48.1 Å². The van der Waals surface area contributed by atoms with Crippen molar-refractivity contribution in [2.24, 2.45) is 0 Å². The second-order valence-corrected chi connectivity index (χ2v) is 5.35. The van der Waals surface area contributed by atoms with Gasteiger partial charge in [0.1, 0.15) is 10.1 Å². The van der Waals surface area contributed by atoms with E-state index in [0.29, 0.717) is 17.1 Å². The Hall–Kier alpha value is -1.49. The Bertz CT molecular complexity index is 691. The van der Waals surface area contributed by atoms with Crippen molar-refractivity contribution in [3.05, 3.63) is 64.4 Å². The van der Waals surface area contributed by atoms with Crippen LogP contribution in [0.5, 0.6) is 0 Å². The van der Waals surface area contributed by atoms with Gasteiger partial charge >= 0.3 is 0 Å². The van der Waals surface area contributed by atoms with E-state index in [0.717, 1.165) is 11.1 Å². The Morgan fingerprint density at radius 2 is 1.95 bits per heavy atom. The molecule has 20 heavy (non-hydrogen) atoms. The topological polar surface area (TPSA) is 36.4 Å². The number of aromatic nitrogens is 1. The maximum Gasteiger partial charge on any atom is 0.195 e. The zero-order valence-electron chi connectivity index (χ0n) is 10.9. The highest BCUT2D eigenvalue weighted by Gasteiger charge is 2.48. The lowest BCUT2D eigenvalue weighted by atomic mass is 9.95. The van der Waals surface area contributed by atoms with E-state index in [1.165, 1.54) is 0 Å². The highest BCUT2D eigenvalue weighted by Crippen LogP contribution is 2.43. The summed E-state index contributed by atoms with van der Waals surface area (Å²) >= 11 is 11.7. The van der Waals surface area contributed by atoms with E-state index in [-0.39, 0.29) is 5.15 Å². The monoisotopic (exact) mass is 304 g/mol. The molecule has 102 valence electrons. The van der Waals surface area contributed by atoms with Crippen molar-refractivity contribution in [2.45, 2.75) is 12.6 Å². The van der Waals surface area contributed by atoms with Gasteiger partial charge in [-0.3, -0.25) is 0 Å². The first-order valence-electron chi connectivity index (χ1n) is 6.35. The molecule has 3 nitrogen and oxygen atoms in total. The van der Waals surface area contributed by atoms with Crippen LogP contribution in [-0.2, 0) is 5.72 Å². The molecule has 0 amide bonds. The molecule has 1 aliphatic heterocycles. The van der Waals surface area contributed by atoms with Crippen molar-refractivity contribution in [2.75, 3.05) is 6.54 Å². The maximum atomic E-state index is 11.3. The summed E-state index contributed by atoms with van der Waals surface area (Å²) in [6.07, 6.45) is 1.60. The number of rotatable bonds is 2. The third-order valence-corrected chi connectivity index (χ3v) is 4.36. The summed E-state index contributed by atoms with van der Waals surface area (Å²) in [4.78, 5) is 6.47. The van der Waals surface area contributed by atoms with Gasteiger partial charge in [0, 0.05) is 29.4 Å². The zero-order valence-corrected chi connectivity index (χ0v) is 12.4. The summed E-state index contributed by atoms with van der Waals surface area (Å²) < 4.78 is 0. The molecule has 0 radical (unpaired) electrons. The van der Waals surface area contributed by atoms with Crippen LogP contribution in [0.3, 0.4) is 0 Å². The van der Waals surface area contributed by atoms with Crippen molar-refractivity contribution >= 4 is 28.8 Å². The Morgan fingerprint density at radius 3 is 2.65 bits per heavy atom. The third-order valence-electron chi connectivity index (χ3n) is 3.62. The number of hydrogen-bond donors (Lipinski definition) is 1. The van der Waals surface area contributed by atoms with Crippen molar-refractivity contribution < 1.29 is 5.11 Å². The lowest BCUT2D eigenvalue weighted by Gasteiger charge is -2.35. The van der Waals surface area contributed by atoms with Gasteiger partial charge in [-0.05, 0) is 19.1 Å². The Labute approximate surface area is 127 Å². The fourth-order valence-electron chi connectivity index (χ4n) is 2.72. The molecule has 0 bridgehead atoms. The molecule has 2 heterocycles. The molecule has 0 saturated heterocycles. The highest BCUT2D eigenvalue weighted by molar-refractivity contribution is 7.80. The molecule has 0 saturated carbocycles. The first-order chi connectivity index (χ1) is 9.60. The molecule has 2 aromatic rings. The van der Waals surface area contributed by atoms with Gasteiger partial charge in [-0.15, -0.1) is 0 Å². The highest BCUT2D eigenvalue weighted by atomic mass is 35.5. The molecule has 1 N–H and O–H groups in total. The molecule has 1 aromatic heterocycles. The van der Waals surface area contributed by atoms with Crippen LogP contribution in [0.4, 0.5) is 0 Å². The van der Waals surface area contributed by atoms with E-state index >= 15 is 0 Å². The van der Waals surface area contributed by atoms with Gasteiger partial charge in [0.15, 0.2) is 5.72 Å². The summed E-state index contributed by atoms with van der Waals surface area (Å²) in [6, 6.07) is 11.1. The standard InChI is InChI=1S/C15H13ClN2OS/c1-2-18-14(20)10-6-3-4-7-11(10)15(18,19)12-8-5-9-17-13(12)16/h3-9,19H,2H2,1H3. The molecule has 1 aliphatic rings. The average molecular weight is 305 g/mol. The van der Waals surface area contributed by atoms with E-state index < -0.39 is 5.72 Å². The van der Waals surface area contributed by atoms with Crippen LogP contribution in [-0.4, -0.2) is 26.5 Å². The normalized spacial score (nSPS) is 21.1. The molecule has 1 atom stereocenters. The van der Waals surface area contributed by atoms with Gasteiger partial charge in [-0.2, -0.15) is 0 Å². The van der Waals surface area contributed by atoms with Gasteiger partial charge < -0.3 is 10.0 Å². The Balaban J connectivity index is 2.30. The number of pyridine rings is 1. The third kappa shape index (κ3) is 1.69. The van der Waals surface area contributed by atoms with Crippen molar-refractivity contribution in [1.82, 2.24) is 9.88 Å². The number of hydrogen-bond acceptors (Lipinski definition) is 3. The SMILES string of the molecule is CCN1C(=S)c2ccccc2C1(O)c1cccnc1Cl. The number of aliphatic hydroxyl groups is 1. The molecule has 0 spiro atoms. The van der Waals surface area contributed by atoms with Crippen molar-refractivity contribution in [3.8, 4) is 0 Å². The molecular weight excluding hydrogens is 292 g/mol. The van der Waals surface area contributed by atoms with E-state index in [9.17, 15) is 5.11 Å². The first-order valence-corrected chi connectivity index (χ1v) is 7.14. The van der Waals surface area contributed by atoms with Crippen LogP contribution in [0.1, 0.15) is 23.6 Å².